The molecule has 7 heteroatoms. The lowest BCUT2D eigenvalue weighted by Crippen LogP contribution is -2.30. The van der Waals surface area contributed by atoms with Gasteiger partial charge in [0.25, 0.3) is 0 Å². The Morgan fingerprint density at radius 3 is 2.35 bits per heavy atom. The van der Waals surface area contributed by atoms with Gasteiger partial charge in [0.2, 0.25) is 0 Å². The molecule has 1 N–H and O–H groups in total. The van der Waals surface area contributed by atoms with Crippen LogP contribution in [0.1, 0.15) is 19.4 Å². The third kappa shape index (κ3) is 7.83. The monoisotopic (exact) mass is 362 g/mol. The molecule has 0 aromatic heterocycles. The van der Waals surface area contributed by atoms with Crippen molar-refractivity contribution in [2.75, 3.05) is 27.2 Å². The van der Waals surface area contributed by atoms with Gasteiger partial charge in [-0.25, -0.2) is 9.59 Å². The van der Waals surface area contributed by atoms with Gasteiger partial charge in [-0.1, -0.05) is 44.2 Å². The van der Waals surface area contributed by atoms with Crippen LogP contribution in [0.4, 0.5) is 4.79 Å². The smallest absolute Gasteiger partial charge is 0.407 e. The molecule has 0 atom stereocenters. The Morgan fingerprint density at radius 2 is 1.77 bits per heavy atom. The molecule has 0 unspecified atom stereocenters. The molecule has 142 valence electrons. The summed E-state index contributed by atoms with van der Waals surface area (Å²) in [4.78, 5) is 37.4. The SMILES string of the molecule is CC(C)C(=O)/C(=C/N(C)C)C(=O)OCCNC(=O)OCc1ccccc1. The summed E-state index contributed by atoms with van der Waals surface area (Å²) >= 11 is 0. The van der Waals surface area contributed by atoms with Crippen LogP contribution in [0.2, 0.25) is 0 Å². The first-order valence-electron chi connectivity index (χ1n) is 8.35. The van der Waals surface area contributed by atoms with Crippen molar-refractivity contribution in [2.45, 2.75) is 20.5 Å². The van der Waals surface area contributed by atoms with Gasteiger partial charge in [-0.15, -0.1) is 0 Å². The first-order chi connectivity index (χ1) is 12.3. The topological polar surface area (TPSA) is 84.9 Å². The molecule has 0 aliphatic carbocycles. The molecule has 0 bridgehead atoms. The Hall–Kier alpha value is -2.83. The predicted molar refractivity (Wildman–Crippen MR) is 97.2 cm³/mol. The maximum Gasteiger partial charge on any atom is 0.407 e. The first kappa shape index (κ1) is 21.2. The van der Waals surface area contributed by atoms with Gasteiger partial charge in [0, 0.05) is 26.2 Å². The minimum absolute atomic E-state index is 0.0170. The van der Waals surface area contributed by atoms with Gasteiger partial charge in [0.05, 0.1) is 6.54 Å². The zero-order chi connectivity index (χ0) is 19.5. The lowest BCUT2D eigenvalue weighted by atomic mass is 10.0. The molecular formula is C19H26N2O5. The second-order valence-corrected chi connectivity index (χ2v) is 6.15. The average molecular weight is 362 g/mol. The van der Waals surface area contributed by atoms with Crippen molar-refractivity contribution < 1.29 is 23.9 Å². The summed E-state index contributed by atoms with van der Waals surface area (Å²) in [5.74, 6) is -1.32. The number of benzene rings is 1. The van der Waals surface area contributed by atoms with E-state index in [-0.39, 0.29) is 37.0 Å². The Morgan fingerprint density at radius 1 is 1.12 bits per heavy atom. The summed E-state index contributed by atoms with van der Waals surface area (Å²) in [6.07, 6.45) is 0.832. The normalized spacial score (nSPS) is 11.0. The number of alkyl carbamates (subject to hydrolysis) is 1. The molecule has 1 rings (SSSR count). The maximum absolute atomic E-state index is 12.1. The number of hydrogen-bond donors (Lipinski definition) is 1. The van der Waals surface area contributed by atoms with Crippen LogP contribution in [0, 0.1) is 5.92 Å². The standard InChI is InChI=1S/C19H26N2O5/c1-14(2)17(22)16(12-21(3)4)18(23)25-11-10-20-19(24)26-13-15-8-6-5-7-9-15/h5-9,12,14H,10-11,13H2,1-4H3,(H,20,24)/b16-12-. The molecule has 0 saturated heterocycles. The molecule has 0 aliphatic heterocycles. The summed E-state index contributed by atoms with van der Waals surface area (Å²) in [6.45, 7) is 3.61. The fourth-order valence-electron chi connectivity index (χ4n) is 1.93. The third-order valence-corrected chi connectivity index (χ3v) is 3.21. The highest BCUT2D eigenvalue weighted by Crippen LogP contribution is 2.09. The fraction of sp³-hybridized carbons (Fsp3) is 0.421. The van der Waals surface area contributed by atoms with E-state index in [4.69, 9.17) is 9.47 Å². The molecule has 1 aromatic rings. The maximum atomic E-state index is 12.1. The van der Waals surface area contributed by atoms with Gasteiger partial charge in [-0.05, 0) is 5.56 Å². The highest BCUT2D eigenvalue weighted by atomic mass is 16.6. The highest BCUT2D eigenvalue weighted by Gasteiger charge is 2.22. The van der Waals surface area contributed by atoms with E-state index in [2.05, 4.69) is 5.32 Å². The van der Waals surface area contributed by atoms with Gasteiger partial charge < -0.3 is 19.7 Å². The van der Waals surface area contributed by atoms with Gasteiger partial charge >= 0.3 is 12.1 Å². The molecule has 0 saturated carbocycles. The van der Waals surface area contributed by atoms with Crippen LogP contribution in [0.15, 0.2) is 42.1 Å². The van der Waals surface area contributed by atoms with Crippen LogP contribution in [0.25, 0.3) is 0 Å². The van der Waals surface area contributed by atoms with E-state index in [0.29, 0.717) is 0 Å². The van der Waals surface area contributed by atoms with Crippen LogP contribution in [0.3, 0.4) is 0 Å². The van der Waals surface area contributed by atoms with E-state index in [1.807, 2.05) is 30.3 Å². The number of ether oxygens (including phenoxy) is 2. The minimum Gasteiger partial charge on any atom is -0.460 e. The van der Waals surface area contributed by atoms with Crippen molar-refractivity contribution in [3.05, 3.63) is 47.7 Å². The largest absolute Gasteiger partial charge is 0.460 e. The van der Waals surface area contributed by atoms with E-state index in [9.17, 15) is 14.4 Å². The molecule has 0 spiro atoms. The summed E-state index contributed by atoms with van der Waals surface area (Å²) in [7, 11) is 3.43. The van der Waals surface area contributed by atoms with Crippen molar-refractivity contribution >= 4 is 17.8 Å². The van der Waals surface area contributed by atoms with Crippen LogP contribution >= 0.6 is 0 Å². The third-order valence-electron chi connectivity index (χ3n) is 3.21. The fourth-order valence-corrected chi connectivity index (χ4v) is 1.93. The van der Waals surface area contributed by atoms with E-state index >= 15 is 0 Å². The molecule has 26 heavy (non-hydrogen) atoms. The second-order valence-electron chi connectivity index (χ2n) is 6.15. The molecule has 0 radical (unpaired) electrons. The molecule has 0 heterocycles. The zero-order valence-corrected chi connectivity index (χ0v) is 15.7. The van der Waals surface area contributed by atoms with Crippen LogP contribution in [-0.2, 0) is 25.7 Å². The van der Waals surface area contributed by atoms with E-state index in [0.717, 1.165) is 5.56 Å². The molecule has 1 aromatic carbocycles. The summed E-state index contributed by atoms with van der Waals surface area (Å²) < 4.78 is 10.1. The average Bonchev–Trinajstić information content (AvgIpc) is 2.61. The first-order valence-corrected chi connectivity index (χ1v) is 8.35. The molecular weight excluding hydrogens is 336 g/mol. The summed E-state index contributed by atoms with van der Waals surface area (Å²) in [5, 5.41) is 2.49. The van der Waals surface area contributed by atoms with Gasteiger partial charge in [-0.2, -0.15) is 0 Å². The number of hydrogen-bond acceptors (Lipinski definition) is 6. The number of Topliss-reactive ketones (excluding diaryl/α,β-unsaturated/α-hetero) is 1. The van der Waals surface area contributed by atoms with E-state index in [1.165, 1.54) is 6.20 Å². The van der Waals surface area contributed by atoms with Crippen molar-refractivity contribution in [1.29, 1.82) is 0 Å². The van der Waals surface area contributed by atoms with Crippen LogP contribution in [-0.4, -0.2) is 50.0 Å². The molecule has 7 nitrogen and oxygen atoms in total. The van der Waals surface area contributed by atoms with Gasteiger partial charge in [0.15, 0.2) is 5.78 Å². The van der Waals surface area contributed by atoms with E-state index in [1.54, 1.807) is 32.8 Å². The minimum atomic E-state index is -0.711. The number of carbonyl (C=O) groups is 3. The lowest BCUT2D eigenvalue weighted by Gasteiger charge is -2.13. The van der Waals surface area contributed by atoms with Crippen molar-refractivity contribution in [3.63, 3.8) is 0 Å². The number of ketones is 1. The predicted octanol–water partition coefficient (Wildman–Crippen LogP) is 2.13. The Bertz CT molecular complexity index is 639. The summed E-state index contributed by atoms with van der Waals surface area (Å²) in [6, 6.07) is 9.28. The number of nitrogens with one attached hydrogen (secondary N) is 1. The Kier molecular flexibility index (Phi) is 8.91. The van der Waals surface area contributed by atoms with Gasteiger partial charge in [0.1, 0.15) is 18.8 Å². The lowest BCUT2D eigenvalue weighted by molar-refractivity contribution is -0.140. The van der Waals surface area contributed by atoms with Crippen molar-refractivity contribution in [1.82, 2.24) is 10.2 Å². The Balaban J connectivity index is 2.37. The number of rotatable bonds is 9. The second kappa shape index (κ2) is 10.9. The number of carbonyl (C=O) groups excluding carboxylic acids is 3. The number of amides is 1. The highest BCUT2D eigenvalue weighted by molar-refractivity contribution is 6.17. The van der Waals surface area contributed by atoms with Crippen LogP contribution in [0.5, 0.6) is 0 Å². The number of nitrogens with zero attached hydrogens (tertiary/aromatic N) is 1. The zero-order valence-electron chi connectivity index (χ0n) is 15.7. The summed E-state index contributed by atoms with van der Waals surface area (Å²) in [5.41, 5.74) is 0.858. The Labute approximate surface area is 154 Å². The van der Waals surface area contributed by atoms with Crippen molar-refractivity contribution in [3.8, 4) is 0 Å². The number of esters is 1. The molecule has 0 aliphatic rings. The molecule has 1 amide bonds. The van der Waals surface area contributed by atoms with Crippen molar-refractivity contribution in [2.24, 2.45) is 5.92 Å². The molecule has 0 fully saturated rings. The van der Waals surface area contributed by atoms with Crippen LogP contribution < -0.4 is 5.32 Å². The van der Waals surface area contributed by atoms with Gasteiger partial charge in [-0.3, -0.25) is 4.79 Å². The van der Waals surface area contributed by atoms with E-state index < -0.39 is 12.1 Å². The quantitative estimate of drug-likeness (QED) is 0.238.